The van der Waals surface area contributed by atoms with Gasteiger partial charge in [0.15, 0.2) is 0 Å². The van der Waals surface area contributed by atoms with Gasteiger partial charge in [-0.2, -0.15) is 0 Å². The van der Waals surface area contributed by atoms with Gasteiger partial charge in [0.2, 0.25) is 0 Å². The van der Waals surface area contributed by atoms with E-state index < -0.39 is 0 Å². The summed E-state index contributed by atoms with van der Waals surface area (Å²) in [7, 11) is 1.62. The van der Waals surface area contributed by atoms with E-state index in [0.717, 1.165) is 31.5 Å². The quantitative estimate of drug-likeness (QED) is 0.737. The standard InChI is InChI=1S/C13H21ClN2O/c1-10(15)4-3-7-16-9-11-5-6-13(17-2)12(14)8-11/h5-6,8,10,16H,3-4,7,9,15H2,1-2H3. The van der Waals surface area contributed by atoms with Crippen LogP contribution >= 0.6 is 11.6 Å². The van der Waals surface area contributed by atoms with Crippen LogP contribution in [0.15, 0.2) is 18.2 Å². The van der Waals surface area contributed by atoms with Gasteiger partial charge in [-0.1, -0.05) is 17.7 Å². The summed E-state index contributed by atoms with van der Waals surface area (Å²) in [6.45, 7) is 3.83. The van der Waals surface area contributed by atoms with E-state index in [2.05, 4.69) is 5.32 Å². The van der Waals surface area contributed by atoms with Crippen LogP contribution in [0, 0.1) is 0 Å². The Labute approximate surface area is 108 Å². The van der Waals surface area contributed by atoms with Crippen LogP contribution in [0.3, 0.4) is 0 Å². The van der Waals surface area contributed by atoms with E-state index in [1.165, 1.54) is 0 Å². The highest BCUT2D eigenvalue weighted by Crippen LogP contribution is 2.24. The van der Waals surface area contributed by atoms with Gasteiger partial charge in [-0.05, 0) is 44.0 Å². The van der Waals surface area contributed by atoms with E-state index in [0.29, 0.717) is 10.8 Å². The Morgan fingerprint density at radius 2 is 2.24 bits per heavy atom. The molecule has 0 bridgehead atoms. The number of benzene rings is 1. The fourth-order valence-electron chi connectivity index (χ4n) is 1.60. The van der Waals surface area contributed by atoms with Crippen molar-refractivity contribution in [1.29, 1.82) is 0 Å². The van der Waals surface area contributed by atoms with Crippen LogP contribution in [0.2, 0.25) is 5.02 Å². The SMILES string of the molecule is COc1ccc(CNCCCC(C)N)cc1Cl. The van der Waals surface area contributed by atoms with Crippen molar-refractivity contribution in [2.45, 2.75) is 32.4 Å². The summed E-state index contributed by atoms with van der Waals surface area (Å²) in [5.74, 6) is 0.715. The van der Waals surface area contributed by atoms with Crippen LogP contribution in [-0.4, -0.2) is 19.7 Å². The molecule has 1 rings (SSSR count). The van der Waals surface area contributed by atoms with Gasteiger partial charge >= 0.3 is 0 Å². The molecule has 4 heteroatoms. The van der Waals surface area contributed by atoms with Crippen molar-refractivity contribution in [1.82, 2.24) is 5.32 Å². The maximum Gasteiger partial charge on any atom is 0.137 e. The molecular formula is C13H21ClN2O. The summed E-state index contributed by atoms with van der Waals surface area (Å²) in [6.07, 6.45) is 2.15. The molecule has 0 heterocycles. The number of nitrogens with one attached hydrogen (secondary N) is 1. The molecule has 1 aromatic rings. The zero-order valence-electron chi connectivity index (χ0n) is 10.5. The van der Waals surface area contributed by atoms with E-state index in [9.17, 15) is 0 Å². The highest BCUT2D eigenvalue weighted by molar-refractivity contribution is 6.32. The molecule has 0 amide bonds. The van der Waals surface area contributed by atoms with Crippen molar-refractivity contribution in [3.05, 3.63) is 28.8 Å². The highest BCUT2D eigenvalue weighted by atomic mass is 35.5. The number of nitrogens with two attached hydrogens (primary N) is 1. The summed E-state index contributed by atoms with van der Waals surface area (Å²) < 4.78 is 5.10. The first kappa shape index (κ1) is 14.3. The van der Waals surface area contributed by atoms with Crippen molar-refractivity contribution in [3.8, 4) is 5.75 Å². The summed E-state index contributed by atoms with van der Waals surface area (Å²) in [5.41, 5.74) is 6.84. The Hall–Kier alpha value is -0.770. The molecule has 96 valence electrons. The second-order valence-electron chi connectivity index (χ2n) is 4.27. The van der Waals surface area contributed by atoms with Gasteiger partial charge in [0.05, 0.1) is 12.1 Å². The predicted molar refractivity (Wildman–Crippen MR) is 72.6 cm³/mol. The average Bonchev–Trinajstić information content (AvgIpc) is 2.28. The largest absolute Gasteiger partial charge is 0.495 e. The number of hydrogen-bond acceptors (Lipinski definition) is 3. The second-order valence-corrected chi connectivity index (χ2v) is 4.67. The van der Waals surface area contributed by atoms with Gasteiger partial charge in [0, 0.05) is 12.6 Å². The number of rotatable bonds is 7. The molecule has 0 fully saturated rings. The molecule has 0 aliphatic heterocycles. The summed E-state index contributed by atoms with van der Waals surface area (Å²) in [5, 5.41) is 4.02. The normalized spacial score (nSPS) is 12.5. The van der Waals surface area contributed by atoms with Crippen LogP contribution in [-0.2, 0) is 6.54 Å². The maximum atomic E-state index is 6.04. The van der Waals surface area contributed by atoms with Gasteiger partial charge in [-0.3, -0.25) is 0 Å². The topological polar surface area (TPSA) is 47.3 Å². The highest BCUT2D eigenvalue weighted by Gasteiger charge is 2.01. The smallest absolute Gasteiger partial charge is 0.137 e. The zero-order valence-corrected chi connectivity index (χ0v) is 11.3. The lowest BCUT2D eigenvalue weighted by Gasteiger charge is -2.08. The van der Waals surface area contributed by atoms with Gasteiger partial charge in [0.25, 0.3) is 0 Å². The third kappa shape index (κ3) is 5.39. The molecule has 0 aromatic heterocycles. The monoisotopic (exact) mass is 256 g/mol. The van der Waals surface area contributed by atoms with Crippen LogP contribution in [0.25, 0.3) is 0 Å². The molecule has 1 atom stereocenters. The number of halogens is 1. The lowest BCUT2D eigenvalue weighted by molar-refractivity contribution is 0.415. The molecule has 0 radical (unpaired) electrons. The van der Waals surface area contributed by atoms with Crippen molar-refractivity contribution in [2.75, 3.05) is 13.7 Å². The lowest BCUT2D eigenvalue weighted by Crippen LogP contribution is -2.19. The Bertz CT molecular complexity index is 342. The fraction of sp³-hybridized carbons (Fsp3) is 0.538. The number of hydrogen-bond donors (Lipinski definition) is 2. The van der Waals surface area contributed by atoms with E-state index >= 15 is 0 Å². The first-order valence-corrected chi connectivity index (χ1v) is 6.30. The minimum atomic E-state index is 0.284. The van der Waals surface area contributed by atoms with Crippen LogP contribution in [0.5, 0.6) is 5.75 Å². The third-order valence-electron chi connectivity index (χ3n) is 2.56. The Balaban J connectivity index is 2.30. The van der Waals surface area contributed by atoms with Crippen molar-refractivity contribution in [2.24, 2.45) is 5.73 Å². The molecule has 17 heavy (non-hydrogen) atoms. The van der Waals surface area contributed by atoms with Gasteiger partial charge in [0.1, 0.15) is 5.75 Å². The molecule has 1 aromatic carbocycles. The van der Waals surface area contributed by atoms with Crippen LogP contribution < -0.4 is 15.8 Å². The van der Waals surface area contributed by atoms with Crippen molar-refractivity contribution < 1.29 is 4.74 Å². The lowest BCUT2D eigenvalue weighted by atomic mass is 10.2. The number of ether oxygens (including phenoxy) is 1. The molecule has 0 aliphatic rings. The minimum Gasteiger partial charge on any atom is -0.495 e. The second kappa shape index (κ2) is 7.54. The molecule has 1 unspecified atom stereocenters. The first-order chi connectivity index (χ1) is 8.13. The van der Waals surface area contributed by atoms with E-state index in [1.807, 2.05) is 25.1 Å². The first-order valence-electron chi connectivity index (χ1n) is 5.92. The summed E-state index contributed by atoms with van der Waals surface area (Å²) >= 11 is 6.04. The van der Waals surface area contributed by atoms with Gasteiger partial charge < -0.3 is 15.8 Å². The average molecular weight is 257 g/mol. The minimum absolute atomic E-state index is 0.284. The molecule has 0 spiro atoms. The zero-order chi connectivity index (χ0) is 12.7. The van der Waals surface area contributed by atoms with E-state index in [-0.39, 0.29) is 6.04 Å². The molecular weight excluding hydrogens is 236 g/mol. The predicted octanol–water partition coefficient (Wildman–Crippen LogP) is 2.57. The molecule has 0 saturated carbocycles. The van der Waals surface area contributed by atoms with E-state index in [1.54, 1.807) is 7.11 Å². The Kier molecular flexibility index (Phi) is 6.34. The fourth-order valence-corrected chi connectivity index (χ4v) is 1.88. The summed E-state index contributed by atoms with van der Waals surface area (Å²) in [4.78, 5) is 0. The Morgan fingerprint density at radius 1 is 1.47 bits per heavy atom. The van der Waals surface area contributed by atoms with Gasteiger partial charge in [-0.15, -0.1) is 0 Å². The van der Waals surface area contributed by atoms with Crippen LogP contribution in [0.1, 0.15) is 25.3 Å². The molecule has 3 N–H and O–H groups in total. The van der Waals surface area contributed by atoms with Crippen molar-refractivity contribution >= 4 is 11.6 Å². The van der Waals surface area contributed by atoms with Crippen molar-refractivity contribution in [3.63, 3.8) is 0 Å². The van der Waals surface area contributed by atoms with Gasteiger partial charge in [-0.25, -0.2) is 0 Å². The molecule has 3 nitrogen and oxygen atoms in total. The van der Waals surface area contributed by atoms with Crippen LogP contribution in [0.4, 0.5) is 0 Å². The van der Waals surface area contributed by atoms with E-state index in [4.69, 9.17) is 22.1 Å². The Morgan fingerprint density at radius 3 is 2.82 bits per heavy atom. The molecule has 0 saturated heterocycles. The molecule has 0 aliphatic carbocycles. The maximum absolute atomic E-state index is 6.04. The number of methoxy groups -OCH3 is 1. The third-order valence-corrected chi connectivity index (χ3v) is 2.85. The summed E-state index contributed by atoms with van der Waals surface area (Å²) in [6, 6.07) is 6.12.